The summed E-state index contributed by atoms with van der Waals surface area (Å²) in [5.41, 5.74) is 0.329. The second-order valence-corrected chi connectivity index (χ2v) is 9.73. The van der Waals surface area contributed by atoms with Crippen molar-refractivity contribution in [3.63, 3.8) is 0 Å². The van der Waals surface area contributed by atoms with E-state index in [0.717, 1.165) is 12.2 Å². The maximum absolute atomic E-state index is 13.0. The Hall–Kier alpha value is -2.07. The highest BCUT2D eigenvalue weighted by molar-refractivity contribution is 7.99. The van der Waals surface area contributed by atoms with Crippen molar-refractivity contribution in [2.45, 2.75) is 18.2 Å². The molecule has 1 heterocycles. The average molecular weight is 451 g/mol. The fourth-order valence-corrected chi connectivity index (χ4v) is 5.03. The molecule has 3 rings (SSSR count). The lowest BCUT2D eigenvalue weighted by molar-refractivity contribution is -0.113. The number of para-hydroxylation sites is 1. The molecular formula is C21H26N2O5S2. The number of carbonyl (C=O) groups is 1. The number of hydrogen-bond donors (Lipinski definition) is 1. The molecule has 0 atom stereocenters. The molecule has 2 aromatic rings. The molecule has 1 N–H and O–H groups in total. The van der Waals surface area contributed by atoms with Gasteiger partial charge < -0.3 is 14.8 Å². The van der Waals surface area contributed by atoms with E-state index in [-0.39, 0.29) is 10.8 Å². The van der Waals surface area contributed by atoms with Crippen LogP contribution in [-0.4, -0.2) is 56.4 Å². The number of ether oxygens (including phenoxy) is 2. The van der Waals surface area contributed by atoms with Crippen LogP contribution in [0.1, 0.15) is 13.3 Å². The molecule has 0 spiro atoms. The molecule has 7 nitrogen and oxygen atoms in total. The van der Waals surface area contributed by atoms with Crippen molar-refractivity contribution in [3.8, 4) is 11.5 Å². The van der Waals surface area contributed by atoms with Gasteiger partial charge in [0.15, 0.2) is 5.75 Å². The highest BCUT2D eigenvalue weighted by Crippen LogP contribution is 2.33. The number of morpholine rings is 1. The van der Waals surface area contributed by atoms with Gasteiger partial charge >= 0.3 is 0 Å². The summed E-state index contributed by atoms with van der Waals surface area (Å²) in [5.74, 6) is 1.95. The Balaban J connectivity index is 1.87. The van der Waals surface area contributed by atoms with Crippen LogP contribution in [-0.2, 0) is 19.6 Å². The first kappa shape index (κ1) is 22.6. The highest BCUT2D eigenvalue weighted by atomic mass is 32.2. The molecule has 30 heavy (non-hydrogen) atoms. The number of nitrogens with one attached hydrogen (secondary N) is 1. The number of thioether (sulfide) groups is 1. The van der Waals surface area contributed by atoms with Gasteiger partial charge in [0.2, 0.25) is 15.9 Å². The van der Waals surface area contributed by atoms with Gasteiger partial charge in [0.05, 0.1) is 29.5 Å². The zero-order chi connectivity index (χ0) is 21.4. The Labute approximate surface area is 181 Å². The number of amides is 1. The number of rotatable bonds is 9. The summed E-state index contributed by atoms with van der Waals surface area (Å²) in [4.78, 5) is 12.5. The maximum atomic E-state index is 13.0. The first-order valence-corrected chi connectivity index (χ1v) is 12.4. The largest absolute Gasteiger partial charge is 0.455 e. The van der Waals surface area contributed by atoms with Crippen LogP contribution >= 0.6 is 11.8 Å². The molecule has 1 saturated heterocycles. The number of anilines is 1. The zero-order valence-corrected chi connectivity index (χ0v) is 18.5. The van der Waals surface area contributed by atoms with Crippen molar-refractivity contribution in [1.29, 1.82) is 0 Å². The predicted octanol–water partition coefficient (Wildman–Crippen LogP) is 3.58. The lowest BCUT2D eigenvalue weighted by Gasteiger charge is -2.26. The predicted molar refractivity (Wildman–Crippen MR) is 119 cm³/mol. The van der Waals surface area contributed by atoms with Gasteiger partial charge in [0, 0.05) is 13.1 Å². The molecule has 2 aromatic carbocycles. The minimum absolute atomic E-state index is 0.112. The van der Waals surface area contributed by atoms with Crippen molar-refractivity contribution in [2.24, 2.45) is 0 Å². The van der Waals surface area contributed by atoms with Crippen molar-refractivity contribution in [3.05, 3.63) is 48.5 Å². The summed E-state index contributed by atoms with van der Waals surface area (Å²) in [6, 6.07) is 13.7. The Bertz CT molecular complexity index is 945. The van der Waals surface area contributed by atoms with E-state index in [0.29, 0.717) is 49.2 Å². The van der Waals surface area contributed by atoms with Crippen molar-refractivity contribution < 1.29 is 22.7 Å². The minimum Gasteiger partial charge on any atom is -0.455 e. The first-order chi connectivity index (χ1) is 14.5. The number of benzene rings is 2. The first-order valence-electron chi connectivity index (χ1n) is 9.83. The minimum atomic E-state index is -3.69. The summed E-state index contributed by atoms with van der Waals surface area (Å²) in [7, 11) is -3.69. The van der Waals surface area contributed by atoms with Crippen molar-refractivity contribution >= 4 is 33.4 Å². The maximum Gasteiger partial charge on any atom is 0.243 e. The number of carbonyl (C=O) groups excluding carboxylic acids is 1. The Morgan fingerprint density at radius 3 is 2.60 bits per heavy atom. The van der Waals surface area contributed by atoms with Gasteiger partial charge in [-0.3, -0.25) is 4.79 Å². The third-order valence-electron chi connectivity index (χ3n) is 4.39. The van der Waals surface area contributed by atoms with Crippen LogP contribution in [0.4, 0.5) is 5.69 Å². The Morgan fingerprint density at radius 1 is 1.17 bits per heavy atom. The highest BCUT2D eigenvalue weighted by Gasteiger charge is 2.27. The molecular weight excluding hydrogens is 424 g/mol. The molecule has 0 aliphatic carbocycles. The molecule has 1 aliphatic heterocycles. The lowest BCUT2D eigenvalue weighted by Crippen LogP contribution is -2.40. The second-order valence-electron chi connectivity index (χ2n) is 6.69. The Kier molecular flexibility index (Phi) is 8.15. The third kappa shape index (κ3) is 5.98. The fourth-order valence-electron chi connectivity index (χ4n) is 2.90. The molecule has 0 saturated carbocycles. The van der Waals surface area contributed by atoms with Gasteiger partial charge in [0.25, 0.3) is 0 Å². The number of sulfonamides is 1. The van der Waals surface area contributed by atoms with Gasteiger partial charge in [-0.2, -0.15) is 16.1 Å². The van der Waals surface area contributed by atoms with Crippen molar-refractivity contribution in [1.82, 2.24) is 4.31 Å². The zero-order valence-electron chi connectivity index (χ0n) is 16.9. The van der Waals surface area contributed by atoms with Crippen LogP contribution in [0.3, 0.4) is 0 Å². The van der Waals surface area contributed by atoms with E-state index in [9.17, 15) is 13.2 Å². The SMILES string of the molecule is CCCSCC(=O)Nc1cc(S(=O)(=O)N2CCOCC2)ccc1Oc1ccccc1. The summed E-state index contributed by atoms with van der Waals surface area (Å²) in [6.07, 6.45) is 0.980. The molecule has 0 bridgehead atoms. The lowest BCUT2D eigenvalue weighted by atomic mass is 10.2. The molecule has 0 aromatic heterocycles. The molecule has 9 heteroatoms. The van der Waals surface area contributed by atoms with Crippen LogP contribution in [0.25, 0.3) is 0 Å². The van der Waals surface area contributed by atoms with E-state index in [4.69, 9.17) is 9.47 Å². The van der Waals surface area contributed by atoms with E-state index in [1.807, 2.05) is 18.2 Å². The van der Waals surface area contributed by atoms with Gasteiger partial charge in [-0.1, -0.05) is 25.1 Å². The molecule has 1 fully saturated rings. The topological polar surface area (TPSA) is 84.9 Å². The third-order valence-corrected chi connectivity index (χ3v) is 7.44. The van der Waals surface area contributed by atoms with E-state index in [1.165, 1.54) is 28.2 Å². The van der Waals surface area contributed by atoms with Gasteiger partial charge in [-0.05, 0) is 42.5 Å². The summed E-state index contributed by atoms with van der Waals surface area (Å²) >= 11 is 1.53. The van der Waals surface area contributed by atoms with Crippen LogP contribution < -0.4 is 10.1 Å². The quantitative estimate of drug-likeness (QED) is 0.588. The van der Waals surface area contributed by atoms with E-state index >= 15 is 0 Å². The monoisotopic (exact) mass is 450 g/mol. The van der Waals surface area contributed by atoms with E-state index in [1.54, 1.807) is 18.2 Å². The van der Waals surface area contributed by atoms with Crippen LogP contribution in [0.2, 0.25) is 0 Å². The molecule has 1 amide bonds. The summed E-state index contributed by atoms with van der Waals surface area (Å²) in [5, 5.41) is 2.81. The fraction of sp³-hybridized carbons (Fsp3) is 0.381. The molecule has 0 unspecified atom stereocenters. The standard InChI is InChI=1S/C21H26N2O5S2/c1-2-14-29-16-21(24)22-19-15-18(30(25,26)23-10-12-27-13-11-23)8-9-20(19)28-17-6-4-3-5-7-17/h3-9,15H,2,10-14,16H2,1H3,(H,22,24). The van der Waals surface area contributed by atoms with Crippen molar-refractivity contribution in [2.75, 3.05) is 43.1 Å². The normalized spacial score (nSPS) is 15.0. The second kappa shape index (κ2) is 10.8. The molecule has 162 valence electrons. The van der Waals surface area contributed by atoms with Crippen LogP contribution in [0, 0.1) is 0 Å². The Morgan fingerprint density at radius 2 is 1.90 bits per heavy atom. The number of hydrogen-bond acceptors (Lipinski definition) is 6. The number of nitrogens with zero attached hydrogens (tertiary/aromatic N) is 1. The smallest absolute Gasteiger partial charge is 0.243 e. The van der Waals surface area contributed by atoms with Gasteiger partial charge in [-0.15, -0.1) is 0 Å². The van der Waals surface area contributed by atoms with Gasteiger partial charge in [0.1, 0.15) is 5.75 Å². The van der Waals surface area contributed by atoms with Gasteiger partial charge in [-0.25, -0.2) is 8.42 Å². The molecule has 1 aliphatic rings. The average Bonchev–Trinajstić information content (AvgIpc) is 2.76. The van der Waals surface area contributed by atoms with E-state index < -0.39 is 10.0 Å². The van der Waals surface area contributed by atoms with Crippen LogP contribution in [0.15, 0.2) is 53.4 Å². The summed E-state index contributed by atoms with van der Waals surface area (Å²) in [6.45, 7) is 3.40. The summed E-state index contributed by atoms with van der Waals surface area (Å²) < 4.78 is 38.6. The van der Waals surface area contributed by atoms with Crippen LogP contribution in [0.5, 0.6) is 11.5 Å². The van der Waals surface area contributed by atoms with E-state index in [2.05, 4.69) is 12.2 Å². The molecule has 0 radical (unpaired) electrons.